The van der Waals surface area contributed by atoms with E-state index in [1.807, 2.05) is 34.1 Å². The predicted octanol–water partition coefficient (Wildman–Crippen LogP) is 3.47. The molecule has 0 saturated carbocycles. The average molecular weight is 486 g/mol. The van der Waals surface area contributed by atoms with Gasteiger partial charge in [0.1, 0.15) is 0 Å². The van der Waals surface area contributed by atoms with Crippen LogP contribution in [0, 0.1) is 0 Å². The molecule has 2 aromatic carbocycles. The molecule has 10 heteroatoms. The summed E-state index contributed by atoms with van der Waals surface area (Å²) in [5.41, 5.74) is 2.59. The molecule has 3 heterocycles. The number of halogens is 1. The molecule has 2 amide bonds. The number of rotatable bonds is 4. The fourth-order valence-electron chi connectivity index (χ4n) is 4.54. The summed E-state index contributed by atoms with van der Waals surface area (Å²) >= 11 is 6.02. The molecule has 0 spiro atoms. The number of hydrogen-bond acceptors (Lipinski definition) is 5. The average Bonchev–Trinajstić information content (AvgIpc) is 3.44. The van der Waals surface area contributed by atoms with Gasteiger partial charge in [-0.1, -0.05) is 41.9 Å². The molecule has 8 nitrogen and oxygen atoms in total. The molecule has 0 aliphatic carbocycles. The van der Waals surface area contributed by atoms with E-state index < -0.39 is 9.84 Å². The fraction of sp³-hybridized carbons (Fsp3) is 0.348. The van der Waals surface area contributed by atoms with Crippen LogP contribution in [0.1, 0.15) is 23.9 Å². The highest BCUT2D eigenvalue weighted by Crippen LogP contribution is 2.34. The maximum Gasteiger partial charge on any atom is 0.320 e. The Morgan fingerprint density at radius 1 is 1.00 bits per heavy atom. The maximum atomic E-state index is 12.9. The van der Waals surface area contributed by atoms with Gasteiger partial charge in [0.05, 0.1) is 23.3 Å². The number of amides is 2. The van der Waals surface area contributed by atoms with Crippen molar-refractivity contribution in [1.82, 2.24) is 24.8 Å². The topological polar surface area (TPSA) is 88.4 Å². The summed E-state index contributed by atoms with van der Waals surface area (Å²) in [6, 6.07) is 13.0. The summed E-state index contributed by atoms with van der Waals surface area (Å²) in [6.45, 7) is 2.70. The number of urea groups is 1. The summed E-state index contributed by atoms with van der Waals surface area (Å²) in [7, 11) is -3.41. The number of hydrogen-bond donors (Lipinski definition) is 0. The van der Waals surface area contributed by atoms with Crippen molar-refractivity contribution in [1.29, 1.82) is 0 Å². The molecule has 5 rings (SSSR count). The van der Waals surface area contributed by atoms with E-state index in [0.717, 1.165) is 17.5 Å². The summed E-state index contributed by atoms with van der Waals surface area (Å²) in [5, 5.41) is 8.77. The molecule has 1 atom stereocenters. The minimum atomic E-state index is -3.41. The van der Waals surface area contributed by atoms with Crippen molar-refractivity contribution in [2.24, 2.45) is 0 Å². The fourth-order valence-corrected chi connectivity index (χ4v) is 5.70. The molecule has 2 fully saturated rings. The summed E-state index contributed by atoms with van der Waals surface area (Å²) in [4.78, 5) is 18.5. The van der Waals surface area contributed by atoms with E-state index in [0.29, 0.717) is 36.8 Å². The lowest BCUT2D eigenvalue weighted by molar-refractivity contribution is 0.120. The number of nitrogens with zero attached hydrogens (tertiary/aromatic N) is 5. The summed E-state index contributed by atoms with van der Waals surface area (Å²) in [5.74, 6) is 0.272. The monoisotopic (exact) mass is 485 g/mol. The lowest BCUT2D eigenvalue weighted by atomic mass is 9.90. The van der Waals surface area contributed by atoms with E-state index in [1.165, 1.54) is 12.3 Å². The highest BCUT2D eigenvalue weighted by Gasteiger charge is 2.37. The molecule has 0 radical (unpaired) electrons. The van der Waals surface area contributed by atoms with Gasteiger partial charge in [-0.3, -0.25) is 0 Å². The highest BCUT2D eigenvalue weighted by atomic mass is 35.5. The molecule has 2 aliphatic heterocycles. The van der Waals surface area contributed by atoms with Gasteiger partial charge in [-0.15, -0.1) is 0 Å². The first kappa shape index (κ1) is 21.9. The third-order valence-electron chi connectivity index (χ3n) is 6.39. The largest absolute Gasteiger partial charge is 0.323 e. The first-order valence-electron chi connectivity index (χ1n) is 10.8. The Morgan fingerprint density at radius 3 is 2.36 bits per heavy atom. The van der Waals surface area contributed by atoms with Gasteiger partial charge in [0.15, 0.2) is 9.84 Å². The molecule has 2 saturated heterocycles. The van der Waals surface area contributed by atoms with E-state index in [-0.39, 0.29) is 22.9 Å². The smallest absolute Gasteiger partial charge is 0.320 e. The second-order valence-electron chi connectivity index (χ2n) is 8.66. The van der Waals surface area contributed by atoms with Crippen molar-refractivity contribution in [2.75, 3.05) is 32.4 Å². The SMILES string of the molecule is CS(=O)(=O)c1cc(Cl)ccc1-c1ccc(C2CN(C(=O)N3CC[C@H](n4nccn4)C3)C2)cc1. The second kappa shape index (κ2) is 8.46. The minimum Gasteiger partial charge on any atom is -0.323 e. The van der Waals surface area contributed by atoms with Crippen LogP contribution in [0.25, 0.3) is 11.1 Å². The Labute approximate surface area is 197 Å². The minimum absolute atomic E-state index is 0.0662. The zero-order valence-corrected chi connectivity index (χ0v) is 19.7. The number of carbonyl (C=O) groups is 1. The first-order chi connectivity index (χ1) is 15.8. The van der Waals surface area contributed by atoms with Gasteiger partial charge < -0.3 is 9.80 Å². The third-order valence-corrected chi connectivity index (χ3v) is 7.76. The Hall–Kier alpha value is -2.91. The van der Waals surface area contributed by atoms with E-state index in [2.05, 4.69) is 10.2 Å². The van der Waals surface area contributed by atoms with E-state index >= 15 is 0 Å². The Bertz CT molecular complexity index is 1270. The summed E-state index contributed by atoms with van der Waals surface area (Å²) < 4.78 is 24.4. The van der Waals surface area contributed by atoms with Crippen molar-refractivity contribution in [3.8, 4) is 11.1 Å². The van der Waals surface area contributed by atoms with Gasteiger partial charge in [-0.25, -0.2) is 13.2 Å². The van der Waals surface area contributed by atoms with Crippen molar-refractivity contribution < 1.29 is 13.2 Å². The Balaban J connectivity index is 1.22. The van der Waals surface area contributed by atoms with Crippen LogP contribution < -0.4 is 0 Å². The first-order valence-corrected chi connectivity index (χ1v) is 13.1. The van der Waals surface area contributed by atoms with E-state index in [4.69, 9.17) is 11.6 Å². The van der Waals surface area contributed by atoms with Crippen molar-refractivity contribution in [2.45, 2.75) is 23.3 Å². The van der Waals surface area contributed by atoms with Crippen molar-refractivity contribution in [3.63, 3.8) is 0 Å². The number of likely N-dealkylation sites (tertiary alicyclic amines) is 2. The lowest BCUT2D eigenvalue weighted by Gasteiger charge is -2.41. The zero-order valence-electron chi connectivity index (χ0n) is 18.1. The highest BCUT2D eigenvalue weighted by molar-refractivity contribution is 7.90. The molecule has 2 aliphatic rings. The molecule has 172 valence electrons. The molecular weight excluding hydrogens is 462 g/mol. The standard InChI is InChI=1S/C23H24ClN5O3S/c1-33(31,32)22-12-19(24)6-7-21(22)17-4-2-16(3-5-17)18-13-28(14-18)23(30)27-11-8-20(15-27)29-25-9-10-26-29/h2-7,9-10,12,18,20H,8,11,13-15H2,1H3/t20-/m0/s1. The van der Waals surface area contributed by atoms with Crippen LogP contribution in [0.5, 0.6) is 0 Å². The Morgan fingerprint density at radius 2 is 1.70 bits per heavy atom. The molecule has 0 bridgehead atoms. The molecular formula is C23H24ClN5O3S. The quantitative estimate of drug-likeness (QED) is 0.564. The molecule has 0 unspecified atom stereocenters. The zero-order chi connectivity index (χ0) is 23.2. The van der Waals surface area contributed by atoms with E-state index in [9.17, 15) is 13.2 Å². The number of sulfone groups is 1. The summed E-state index contributed by atoms with van der Waals surface area (Å²) in [6.07, 6.45) is 5.36. The van der Waals surface area contributed by atoms with Crippen LogP contribution in [0.15, 0.2) is 59.8 Å². The van der Waals surface area contributed by atoms with E-state index in [1.54, 1.807) is 29.3 Å². The van der Waals surface area contributed by atoms with Crippen LogP contribution in [-0.2, 0) is 9.84 Å². The molecule has 3 aromatic rings. The van der Waals surface area contributed by atoms with Crippen LogP contribution >= 0.6 is 11.6 Å². The van der Waals surface area contributed by atoms with Crippen molar-refractivity contribution >= 4 is 27.5 Å². The molecule has 0 N–H and O–H groups in total. The van der Waals surface area contributed by atoms with Gasteiger partial charge in [0.25, 0.3) is 0 Å². The van der Waals surface area contributed by atoms with Crippen LogP contribution in [0.3, 0.4) is 0 Å². The van der Waals surface area contributed by atoms with Gasteiger partial charge in [-0.05, 0) is 29.7 Å². The molecule has 33 heavy (non-hydrogen) atoms. The predicted molar refractivity (Wildman–Crippen MR) is 125 cm³/mol. The van der Waals surface area contributed by atoms with Gasteiger partial charge in [0, 0.05) is 48.9 Å². The second-order valence-corrected chi connectivity index (χ2v) is 11.1. The maximum absolute atomic E-state index is 12.9. The van der Waals surface area contributed by atoms with Crippen LogP contribution in [-0.4, -0.2) is 71.7 Å². The normalized spacial score (nSPS) is 19.0. The van der Waals surface area contributed by atoms with Crippen molar-refractivity contribution in [3.05, 3.63) is 65.4 Å². The van der Waals surface area contributed by atoms with Gasteiger partial charge >= 0.3 is 6.03 Å². The van der Waals surface area contributed by atoms with Crippen LogP contribution in [0.2, 0.25) is 5.02 Å². The number of aromatic nitrogens is 3. The molecule has 1 aromatic heterocycles. The van der Waals surface area contributed by atoms with Crippen LogP contribution in [0.4, 0.5) is 4.79 Å². The third kappa shape index (κ3) is 4.35. The van der Waals surface area contributed by atoms with Gasteiger partial charge in [0.2, 0.25) is 0 Å². The Kier molecular flexibility index (Phi) is 5.62. The lowest BCUT2D eigenvalue weighted by Crippen LogP contribution is -2.53. The number of benzene rings is 2. The number of carbonyl (C=O) groups excluding carboxylic acids is 1. The van der Waals surface area contributed by atoms with Gasteiger partial charge in [-0.2, -0.15) is 15.0 Å².